The number of allylic oxidation sites excluding steroid dienone is 14. The van der Waals surface area contributed by atoms with E-state index in [1.165, 1.54) is 161 Å². The summed E-state index contributed by atoms with van der Waals surface area (Å²) in [5.41, 5.74) is 0. The molecular weight excluding hydrogens is 759 g/mol. The average molecular weight is 862 g/mol. The fourth-order valence-corrected chi connectivity index (χ4v) is 7.87. The number of nitrogens with one attached hydrogen (secondary N) is 1. The molecule has 4 heteroatoms. The summed E-state index contributed by atoms with van der Waals surface area (Å²) >= 11 is 0. The minimum Gasteiger partial charge on any atom is -0.394 e. The molecule has 0 rings (SSSR count). The van der Waals surface area contributed by atoms with Crippen molar-refractivity contribution in [2.24, 2.45) is 0 Å². The second-order valence-electron chi connectivity index (χ2n) is 17.9. The topological polar surface area (TPSA) is 69.6 Å². The smallest absolute Gasteiger partial charge is 0.220 e. The summed E-state index contributed by atoms with van der Waals surface area (Å²) in [6.07, 6.45) is 77.0. The van der Waals surface area contributed by atoms with Gasteiger partial charge in [0.2, 0.25) is 5.91 Å². The van der Waals surface area contributed by atoms with Gasteiger partial charge in [-0.3, -0.25) is 4.79 Å². The normalized spacial score (nSPS) is 13.5. The van der Waals surface area contributed by atoms with E-state index in [-0.39, 0.29) is 12.5 Å². The van der Waals surface area contributed by atoms with Gasteiger partial charge in [-0.05, 0) is 70.6 Å². The predicted molar refractivity (Wildman–Crippen MR) is 276 cm³/mol. The minimum absolute atomic E-state index is 0.0333. The first-order valence-electron chi connectivity index (χ1n) is 26.8. The molecule has 0 aromatic heterocycles. The Labute approximate surface area is 386 Å². The van der Waals surface area contributed by atoms with E-state index in [0.29, 0.717) is 12.8 Å². The molecule has 358 valence electrons. The van der Waals surface area contributed by atoms with Crippen molar-refractivity contribution in [2.45, 2.75) is 270 Å². The summed E-state index contributed by atoms with van der Waals surface area (Å²) in [5.74, 6) is -0.0333. The standard InChI is InChI=1S/C58H103NO3/c1-3-5-7-9-11-13-15-17-18-19-20-21-22-23-24-25-26-27-28-29-30-31-32-33-34-35-36-37-38-39-40-42-44-46-48-50-52-54-58(62)59-56(55-60)57(61)53-51-49-47-45-43-41-16-14-12-10-8-6-4-2/h5,7,11,13,17-18,20-21,23-24,26-27,29-30,56-57,60-61H,3-4,6,8-10,12,14-16,19,22,25,28,31-55H2,1-2H3,(H,59,62)/b7-5-,13-11-,18-17-,21-20-,24-23-,27-26-,30-29-. The molecule has 62 heavy (non-hydrogen) atoms. The Morgan fingerprint density at radius 1 is 0.403 bits per heavy atom. The highest BCUT2D eigenvalue weighted by atomic mass is 16.3. The van der Waals surface area contributed by atoms with Crippen LogP contribution in [-0.2, 0) is 4.79 Å². The highest BCUT2D eigenvalue weighted by Gasteiger charge is 2.20. The number of amides is 1. The van der Waals surface area contributed by atoms with Crippen molar-refractivity contribution in [1.29, 1.82) is 0 Å². The van der Waals surface area contributed by atoms with Gasteiger partial charge in [0.15, 0.2) is 0 Å². The summed E-state index contributed by atoms with van der Waals surface area (Å²) in [5, 5.41) is 23.2. The van der Waals surface area contributed by atoms with Crippen molar-refractivity contribution in [2.75, 3.05) is 6.61 Å². The van der Waals surface area contributed by atoms with Gasteiger partial charge in [-0.2, -0.15) is 0 Å². The van der Waals surface area contributed by atoms with Crippen molar-refractivity contribution in [3.63, 3.8) is 0 Å². The number of hydrogen-bond acceptors (Lipinski definition) is 3. The van der Waals surface area contributed by atoms with Crippen molar-refractivity contribution < 1.29 is 15.0 Å². The summed E-state index contributed by atoms with van der Waals surface area (Å²) in [6, 6.07) is -0.538. The summed E-state index contributed by atoms with van der Waals surface area (Å²) in [7, 11) is 0. The molecule has 1 amide bonds. The highest BCUT2D eigenvalue weighted by Crippen LogP contribution is 2.16. The van der Waals surface area contributed by atoms with Gasteiger partial charge in [-0.15, -0.1) is 0 Å². The van der Waals surface area contributed by atoms with E-state index in [4.69, 9.17) is 0 Å². The molecule has 0 aliphatic carbocycles. The Morgan fingerprint density at radius 3 is 1.06 bits per heavy atom. The molecule has 0 saturated heterocycles. The fraction of sp³-hybridized carbons (Fsp3) is 0.741. The van der Waals surface area contributed by atoms with Crippen molar-refractivity contribution >= 4 is 5.91 Å². The van der Waals surface area contributed by atoms with Crippen LogP contribution in [0.1, 0.15) is 258 Å². The molecule has 0 radical (unpaired) electrons. The van der Waals surface area contributed by atoms with Crippen LogP contribution in [0, 0.1) is 0 Å². The maximum Gasteiger partial charge on any atom is 0.220 e. The van der Waals surface area contributed by atoms with Crippen LogP contribution in [0.2, 0.25) is 0 Å². The molecule has 0 bridgehead atoms. The first-order chi connectivity index (χ1) is 30.7. The Kier molecular flexibility index (Phi) is 50.8. The summed E-state index contributed by atoms with van der Waals surface area (Å²) in [4.78, 5) is 12.4. The molecule has 0 fully saturated rings. The highest BCUT2D eigenvalue weighted by molar-refractivity contribution is 5.76. The van der Waals surface area contributed by atoms with Crippen LogP contribution in [0.15, 0.2) is 85.1 Å². The molecule has 3 N–H and O–H groups in total. The molecule has 0 aromatic carbocycles. The lowest BCUT2D eigenvalue weighted by Crippen LogP contribution is -2.45. The van der Waals surface area contributed by atoms with Crippen molar-refractivity contribution in [3.05, 3.63) is 85.1 Å². The molecule has 0 aliphatic heterocycles. The SMILES string of the molecule is CC/C=C\C/C=C\C/C=C\C/C=C\C/C=C\C/C=C\C/C=C\CCCCCCCCCCCCCCCCCC(=O)NC(CO)C(O)CCCCCCCCCCCCCCC. The van der Waals surface area contributed by atoms with Gasteiger partial charge < -0.3 is 15.5 Å². The van der Waals surface area contributed by atoms with Crippen LogP contribution >= 0.6 is 0 Å². The van der Waals surface area contributed by atoms with E-state index in [1.54, 1.807) is 0 Å². The van der Waals surface area contributed by atoms with E-state index < -0.39 is 12.1 Å². The number of carbonyl (C=O) groups is 1. The number of aliphatic hydroxyl groups excluding tert-OH is 2. The molecule has 2 atom stereocenters. The predicted octanol–water partition coefficient (Wildman–Crippen LogP) is 17.6. The maximum atomic E-state index is 12.4. The minimum atomic E-state index is -0.661. The van der Waals surface area contributed by atoms with Crippen LogP contribution in [0.25, 0.3) is 0 Å². The maximum absolute atomic E-state index is 12.4. The van der Waals surface area contributed by atoms with Gasteiger partial charge in [-0.25, -0.2) is 0 Å². The third-order valence-electron chi connectivity index (χ3n) is 11.9. The lowest BCUT2D eigenvalue weighted by molar-refractivity contribution is -0.123. The molecule has 0 heterocycles. The van der Waals surface area contributed by atoms with Gasteiger partial charge in [0.25, 0.3) is 0 Å². The summed E-state index contributed by atoms with van der Waals surface area (Å²) in [6.45, 7) is 4.24. The Hall–Kier alpha value is -2.43. The van der Waals surface area contributed by atoms with E-state index in [2.05, 4.69) is 104 Å². The van der Waals surface area contributed by atoms with E-state index in [0.717, 1.165) is 70.6 Å². The van der Waals surface area contributed by atoms with E-state index >= 15 is 0 Å². The Morgan fingerprint density at radius 2 is 0.710 bits per heavy atom. The average Bonchev–Trinajstić information content (AvgIpc) is 3.28. The van der Waals surface area contributed by atoms with Crippen molar-refractivity contribution in [1.82, 2.24) is 5.32 Å². The van der Waals surface area contributed by atoms with E-state index in [1.807, 2.05) is 0 Å². The number of hydrogen-bond donors (Lipinski definition) is 3. The second-order valence-corrected chi connectivity index (χ2v) is 17.9. The zero-order valence-electron chi connectivity index (χ0n) is 41.1. The first kappa shape index (κ1) is 59.6. The Balaban J connectivity index is 3.49. The van der Waals surface area contributed by atoms with Gasteiger partial charge >= 0.3 is 0 Å². The molecule has 0 spiro atoms. The van der Waals surface area contributed by atoms with Crippen LogP contribution in [0.5, 0.6) is 0 Å². The quantitative estimate of drug-likeness (QED) is 0.0422. The molecule has 0 aliphatic rings. The largest absolute Gasteiger partial charge is 0.394 e. The van der Waals surface area contributed by atoms with Gasteiger partial charge in [0, 0.05) is 6.42 Å². The molecule has 4 nitrogen and oxygen atoms in total. The van der Waals surface area contributed by atoms with Crippen LogP contribution < -0.4 is 5.32 Å². The van der Waals surface area contributed by atoms with E-state index in [9.17, 15) is 15.0 Å². The molecular formula is C58H103NO3. The monoisotopic (exact) mass is 862 g/mol. The lowest BCUT2D eigenvalue weighted by atomic mass is 10.0. The Bertz CT molecular complexity index is 1110. The molecule has 0 aromatic rings. The van der Waals surface area contributed by atoms with Crippen LogP contribution in [0.3, 0.4) is 0 Å². The molecule has 0 saturated carbocycles. The van der Waals surface area contributed by atoms with Gasteiger partial charge in [0.1, 0.15) is 0 Å². The van der Waals surface area contributed by atoms with Crippen LogP contribution in [0.4, 0.5) is 0 Å². The van der Waals surface area contributed by atoms with Gasteiger partial charge in [-0.1, -0.05) is 266 Å². The zero-order chi connectivity index (χ0) is 44.9. The summed E-state index contributed by atoms with van der Waals surface area (Å²) < 4.78 is 0. The lowest BCUT2D eigenvalue weighted by Gasteiger charge is -2.22. The third-order valence-corrected chi connectivity index (χ3v) is 11.9. The second kappa shape index (κ2) is 52.9. The number of carbonyl (C=O) groups excluding carboxylic acids is 1. The number of aliphatic hydroxyl groups is 2. The van der Waals surface area contributed by atoms with Crippen LogP contribution in [-0.4, -0.2) is 34.9 Å². The fourth-order valence-electron chi connectivity index (χ4n) is 7.87. The van der Waals surface area contributed by atoms with Crippen molar-refractivity contribution in [3.8, 4) is 0 Å². The number of rotatable bonds is 48. The zero-order valence-corrected chi connectivity index (χ0v) is 41.1. The number of unbranched alkanes of at least 4 members (excludes halogenated alkanes) is 27. The molecule has 2 unspecified atom stereocenters. The van der Waals surface area contributed by atoms with Gasteiger partial charge in [0.05, 0.1) is 18.8 Å². The third kappa shape index (κ3) is 48.6. The first-order valence-corrected chi connectivity index (χ1v) is 26.8.